The quantitative estimate of drug-likeness (QED) is 0.243. The second-order valence-corrected chi connectivity index (χ2v) is 9.68. The second kappa shape index (κ2) is 12.4. The van der Waals surface area contributed by atoms with E-state index >= 15 is 0 Å². The Morgan fingerprint density at radius 2 is 1.74 bits per heavy atom. The van der Waals surface area contributed by atoms with Crippen molar-refractivity contribution in [3.8, 4) is 16.9 Å². The predicted molar refractivity (Wildman–Crippen MR) is 154 cm³/mol. The fraction of sp³-hybridized carbons (Fsp3) is 0.233. The number of rotatable bonds is 9. The zero-order valence-electron chi connectivity index (χ0n) is 21.9. The Morgan fingerprint density at radius 1 is 0.947 bits per heavy atom. The standard InChI is InChI=1S/C30H32ClN5O2/c1-4-5-16-35(30(38)32-25-13-9-12-24(31)18-25)20-29(37)33-28-19-26(23-10-7-6-8-11-23)34-36(28)27-15-14-21(2)17-22(27)3/h6-15,17-19H,4-5,16,20H2,1-3H3,(H,32,38)(H,33,37). The molecule has 8 heteroatoms. The van der Waals surface area contributed by atoms with Gasteiger partial charge >= 0.3 is 6.03 Å². The average molecular weight is 530 g/mol. The zero-order chi connectivity index (χ0) is 27.1. The first-order valence-corrected chi connectivity index (χ1v) is 13.1. The molecule has 0 spiro atoms. The van der Waals surface area contributed by atoms with E-state index in [1.807, 2.05) is 69.3 Å². The maximum absolute atomic E-state index is 13.3. The summed E-state index contributed by atoms with van der Waals surface area (Å²) in [5.74, 6) is 0.222. The van der Waals surface area contributed by atoms with Gasteiger partial charge in [-0.15, -0.1) is 0 Å². The summed E-state index contributed by atoms with van der Waals surface area (Å²) in [4.78, 5) is 27.8. The van der Waals surface area contributed by atoms with E-state index in [-0.39, 0.29) is 18.5 Å². The molecule has 0 radical (unpaired) electrons. The van der Waals surface area contributed by atoms with Crippen LogP contribution in [0.5, 0.6) is 0 Å². The Kier molecular flexibility index (Phi) is 8.81. The summed E-state index contributed by atoms with van der Waals surface area (Å²) in [6, 6.07) is 24.3. The number of carbonyl (C=O) groups excluding carboxylic acids is 2. The molecular weight excluding hydrogens is 498 g/mol. The molecule has 3 aromatic carbocycles. The van der Waals surface area contributed by atoms with E-state index in [2.05, 4.69) is 16.7 Å². The van der Waals surface area contributed by atoms with Crippen LogP contribution in [0.1, 0.15) is 30.9 Å². The average Bonchev–Trinajstić information content (AvgIpc) is 3.30. The number of unbranched alkanes of at least 4 members (excludes halogenated alkanes) is 1. The van der Waals surface area contributed by atoms with Gasteiger partial charge in [-0.2, -0.15) is 5.10 Å². The van der Waals surface area contributed by atoms with Crippen molar-refractivity contribution in [1.82, 2.24) is 14.7 Å². The Hall–Kier alpha value is -4.10. The van der Waals surface area contributed by atoms with Gasteiger partial charge in [-0.3, -0.25) is 4.79 Å². The Balaban J connectivity index is 1.58. The topological polar surface area (TPSA) is 79.3 Å². The molecule has 0 aliphatic heterocycles. The first-order chi connectivity index (χ1) is 18.3. The Labute approximate surface area is 228 Å². The maximum Gasteiger partial charge on any atom is 0.322 e. The van der Waals surface area contributed by atoms with Crippen molar-refractivity contribution < 1.29 is 9.59 Å². The summed E-state index contributed by atoms with van der Waals surface area (Å²) in [6.45, 7) is 6.44. The molecule has 196 valence electrons. The number of benzene rings is 3. The van der Waals surface area contributed by atoms with Gasteiger partial charge in [0.25, 0.3) is 0 Å². The van der Waals surface area contributed by atoms with Crippen LogP contribution in [-0.4, -0.2) is 39.7 Å². The van der Waals surface area contributed by atoms with Crippen LogP contribution in [0, 0.1) is 13.8 Å². The predicted octanol–water partition coefficient (Wildman–Crippen LogP) is 7.08. The lowest BCUT2D eigenvalue weighted by Crippen LogP contribution is -2.41. The van der Waals surface area contributed by atoms with Gasteiger partial charge in [-0.1, -0.05) is 79.0 Å². The lowest BCUT2D eigenvalue weighted by Gasteiger charge is -2.22. The van der Waals surface area contributed by atoms with E-state index in [1.54, 1.807) is 28.9 Å². The first-order valence-electron chi connectivity index (χ1n) is 12.7. The van der Waals surface area contributed by atoms with Crippen LogP contribution in [0.25, 0.3) is 16.9 Å². The number of aromatic nitrogens is 2. The van der Waals surface area contributed by atoms with Gasteiger partial charge in [0.05, 0.1) is 11.4 Å². The summed E-state index contributed by atoms with van der Waals surface area (Å²) >= 11 is 6.06. The van der Waals surface area contributed by atoms with E-state index in [0.717, 1.165) is 40.9 Å². The minimum Gasteiger partial charge on any atom is -0.315 e. The molecule has 4 aromatic rings. The lowest BCUT2D eigenvalue weighted by molar-refractivity contribution is -0.116. The van der Waals surface area contributed by atoms with Crippen LogP contribution in [0.15, 0.2) is 78.9 Å². The summed E-state index contributed by atoms with van der Waals surface area (Å²) < 4.78 is 1.75. The molecule has 0 aliphatic carbocycles. The van der Waals surface area contributed by atoms with E-state index in [4.69, 9.17) is 16.7 Å². The fourth-order valence-electron chi connectivity index (χ4n) is 4.17. The molecular formula is C30H32ClN5O2. The highest BCUT2D eigenvalue weighted by molar-refractivity contribution is 6.30. The molecule has 0 unspecified atom stereocenters. The van der Waals surface area contributed by atoms with E-state index in [1.165, 1.54) is 4.90 Å². The molecule has 0 saturated heterocycles. The number of carbonyl (C=O) groups is 2. The number of aryl methyl sites for hydroxylation is 2. The smallest absolute Gasteiger partial charge is 0.315 e. The third-order valence-electron chi connectivity index (χ3n) is 6.11. The molecule has 0 bridgehead atoms. The number of hydrogen-bond donors (Lipinski definition) is 2. The van der Waals surface area contributed by atoms with Crippen LogP contribution in [0.3, 0.4) is 0 Å². The molecule has 7 nitrogen and oxygen atoms in total. The van der Waals surface area contributed by atoms with Crippen LogP contribution < -0.4 is 10.6 Å². The summed E-state index contributed by atoms with van der Waals surface area (Å²) in [7, 11) is 0. The third-order valence-corrected chi connectivity index (χ3v) is 6.34. The van der Waals surface area contributed by atoms with Gasteiger partial charge in [0.2, 0.25) is 5.91 Å². The molecule has 38 heavy (non-hydrogen) atoms. The number of anilines is 2. The van der Waals surface area contributed by atoms with Crippen molar-refractivity contribution in [2.45, 2.75) is 33.6 Å². The van der Waals surface area contributed by atoms with Crippen molar-refractivity contribution in [1.29, 1.82) is 0 Å². The van der Waals surface area contributed by atoms with Crippen LogP contribution in [0.4, 0.5) is 16.3 Å². The number of hydrogen-bond acceptors (Lipinski definition) is 3. The Morgan fingerprint density at radius 3 is 2.45 bits per heavy atom. The molecule has 0 aliphatic rings. The minimum atomic E-state index is -0.358. The van der Waals surface area contributed by atoms with Crippen molar-refractivity contribution in [3.05, 3.63) is 95.0 Å². The molecule has 0 atom stereocenters. The number of amides is 3. The summed E-state index contributed by atoms with van der Waals surface area (Å²) in [5, 5.41) is 11.2. The molecule has 1 aromatic heterocycles. The normalized spacial score (nSPS) is 10.7. The largest absolute Gasteiger partial charge is 0.322 e. The molecule has 1 heterocycles. The van der Waals surface area contributed by atoms with E-state index in [9.17, 15) is 9.59 Å². The van der Waals surface area contributed by atoms with Crippen LogP contribution in [-0.2, 0) is 4.79 Å². The van der Waals surface area contributed by atoms with E-state index < -0.39 is 0 Å². The third kappa shape index (κ3) is 6.81. The number of urea groups is 1. The molecule has 0 fully saturated rings. The zero-order valence-corrected chi connectivity index (χ0v) is 22.6. The number of nitrogens with zero attached hydrogens (tertiary/aromatic N) is 3. The first kappa shape index (κ1) is 26.9. The van der Waals surface area contributed by atoms with Crippen molar-refractivity contribution in [2.24, 2.45) is 0 Å². The van der Waals surface area contributed by atoms with Gasteiger partial charge in [0, 0.05) is 28.9 Å². The summed E-state index contributed by atoms with van der Waals surface area (Å²) in [5.41, 5.74) is 5.30. The highest BCUT2D eigenvalue weighted by Gasteiger charge is 2.20. The molecule has 2 N–H and O–H groups in total. The van der Waals surface area contributed by atoms with E-state index in [0.29, 0.717) is 23.1 Å². The van der Waals surface area contributed by atoms with Gasteiger partial charge < -0.3 is 15.5 Å². The minimum absolute atomic E-state index is 0.106. The van der Waals surface area contributed by atoms with Crippen LogP contribution in [0.2, 0.25) is 5.02 Å². The Bertz CT molecular complexity index is 1420. The molecule has 0 saturated carbocycles. The van der Waals surface area contributed by atoms with Gasteiger partial charge in [0.1, 0.15) is 12.4 Å². The fourth-order valence-corrected chi connectivity index (χ4v) is 4.36. The molecule has 4 rings (SSSR count). The number of nitrogens with one attached hydrogen (secondary N) is 2. The van der Waals surface area contributed by atoms with Crippen LogP contribution >= 0.6 is 11.6 Å². The summed E-state index contributed by atoms with van der Waals surface area (Å²) in [6.07, 6.45) is 1.66. The van der Waals surface area contributed by atoms with Crippen molar-refractivity contribution in [3.63, 3.8) is 0 Å². The SMILES string of the molecule is CCCCN(CC(=O)Nc1cc(-c2ccccc2)nn1-c1ccc(C)cc1C)C(=O)Nc1cccc(Cl)c1. The monoisotopic (exact) mass is 529 g/mol. The highest BCUT2D eigenvalue weighted by Crippen LogP contribution is 2.27. The van der Waals surface area contributed by atoms with Crippen molar-refractivity contribution in [2.75, 3.05) is 23.7 Å². The second-order valence-electron chi connectivity index (χ2n) is 9.25. The maximum atomic E-state index is 13.3. The lowest BCUT2D eigenvalue weighted by atomic mass is 10.1. The van der Waals surface area contributed by atoms with Gasteiger partial charge in [0.15, 0.2) is 0 Å². The van der Waals surface area contributed by atoms with Gasteiger partial charge in [-0.25, -0.2) is 9.48 Å². The highest BCUT2D eigenvalue weighted by atomic mass is 35.5. The van der Waals surface area contributed by atoms with Gasteiger partial charge in [-0.05, 0) is 50.1 Å². The molecule has 3 amide bonds. The van der Waals surface area contributed by atoms with Crippen molar-refractivity contribution >= 4 is 35.0 Å². The number of halogens is 1.